The van der Waals surface area contributed by atoms with Gasteiger partial charge in [0.05, 0.1) is 12.0 Å². The molecule has 1 saturated heterocycles. The Labute approximate surface area is 135 Å². The van der Waals surface area contributed by atoms with Crippen molar-refractivity contribution in [1.29, 1.82) is 0 Å². The molecule has 0 amide bonds. The largest absolute Gasteiger partial charge is 0.481 e. The van der Waals surface area contributed by atoms with Crippen LogP contribution in [0, 0.1) is 5.92 Å². The van der Waals surface area contributed by atoms with E-state index >= 15 is 0 Å². The van der Waals surface area contributed by atoms with Crippen molar-refractivity contribution in [2.24, 2.45) is 5.92 Å². The zero-order valence-electron chi connectivity index (χ0n) is 13.2. The van der Waals surface area contributed by atoms with E-state index in [9.17, 15) is 9.59 Å². The highest BCUT2D eigenvalue weighted by Gasteiger charge is 2.29. The summed E-state index contributed by atoms with van der Waals surface area (Å²) in [6.07, 6.45) is 1.23. The molecule has 3 rings (SSSR count). The molecule has 0 aromatic heterocycles. The van der Waals surface area contributed by atoms with Gasteiger partial charge in [-0.2, -0.15) is 0 Å². The zero-order valence-corrected chi connectivity index (χ0v) is 13.2. The van der Waals surface area contributed by atoms with E-state index in [1.807, 2.05) is 49.4 Å². The van der Waals surface area contributed by atoms with Gasteiger partial charge in [0.15, 0.2) is 5.78 Å². The molecule has 0 bridgehead atoms. The molecule has 0 radical (unpaired) electrons. The fraction of sp³-hybridized carbons (Fsp3) is 0.368. The Morgan fingerprint density at radius 1 is 1.09 bits per heavy atom. The van der Waals surface area contributed by atoms with Crippen LogP contribution in [0.4, 0.5) is 0 Å². The number of ketones is 1. The van der Waals surface area contributed by atoms with Crippen molar-refractivity contribution >= 4 is 22.5 Å². The Morgan fingerprint density at radius 2 is 1.74 bits per heavy atom. The summed E-state index contributed by atoms with van der Waals surface area (Å²) < 4.78 is 0. The first-order valence-corrected chi connectivity index (χ1v) is 8.06. The second-order valence-corrected chi connectivity index (χ2v) is 6.25. The van der Waals surface area contributed by atoms with Crippen LogP contribution in [0.25, 0.3) is 10.8 Å². The topological polar surface area (TPSA) is 57.6 Å². The van der Waals surface area contributed by atoms with Gasteiger partial charge in [0.1, 0.15) is 0 Å². The van der Waals surface area contributed by atoms with Gasteiger partial charge in [0, 0.05) is 5.56 Å². The smallest absolute Gasteiger partial charge is 0.306 e. The number of likely N-dealkylation sites (tertiary alicyclic amines) is 1. The fourth-order valence-corrected chi connectivity index (χ4v) is 3.28. The van der Waals surface area contributed by atoms with Crippen molar-refractivity contribution < 1.29 is 14.7 Å². The Kier molecular flexibility index (Phi) is 4.44. The van der Waals surface area contributed by atoms with E-state index in [4.69, 9.17) is 5.11 Å². The lowest BCUT2D eigenvalue weighted by Crippen LogP contribution is -2.45. The van der Waals surface area contributed by atoms with Crippen LogP contribution in [0.15, 0.2) is 42.5 Å². The number of hydrogen-bond acceptors (Lipinski definition) is 3. The van der Waals surface area contributed by atoms with Crippen LogP contribution in [-0.2, 0) is 4.79 Å². The van der Waals surface area contributed by atoms with Crippen LogP contribution in [-0.4, -0.2) is 40.9 Å². The van der Waals surface area contributed by atoms with Gasteiger partial charge in [-0.3, -0.25) is 14.5 Å². The first kappa shape index (κ1) is 15.7. The van der Waals surface area contributed by atoms with E-state index < -0.39 is 5.97 Å². The van der Waals surface area contributed by atoms with Crippen molar-refractivity contribution in [2.75, 3.05) is 13.1 Å². The van der Waals surface area contributed by atoms with Crippen molar-refractivity contribution in [3.05, 3.63) is 48.0 Å². The average Bonchev–Trinajstić information content (AvgIpc) is 2.60. The van der Waals surface area contributed by atoms with Gasteiger partial charge in [-0.1, -0.05) is 36.4 Å². The predicted molar refractivity (Wildman–Crippen MR) is 89.7 cm³/mol. The second kappa shape index (κ2) is 6.50. The SMILES string of the molecule is CC(C(=O)c1ccc2ccccc2c1)N1CCC(C(=O)O)CC1. The summed E-state index contributed by atoms with van der Waals surface area (Å²) in [4.78, 5) is 25.9. The fourth-order valence-electron chi connectivity index (χ4n) is 3.28. The normalized spacial score (nSPS) is 18.0. The lowest BCUT2D eigenvalue weighted by molar-refractivity contribution is -0.143. The molecule has 120 valence electrons. The molecular weight excluding hydrogens is 290 g/mol. The number of Topliss-reactive ketones (excluding diaryl/α,β-unsaturated/α-hetero) is 1. The summed E-state index contributed by atoms with van der Waals surface area (Å²) in [6.45, 7) is 3.24. The Hall–Kier alpha value is -2.20. The van der Waals surface area contributed by atoms with E-state index in [0.29, 0.717) is 25.9 Å². The molecule has 2 aromatic rings. The van der Waals surface area contributed by atoms with Gasteiger partial charge in [-0.05, 0) is 49.7 Å². The highest BCUT2D eigenvalue weighted by atomic mass is 16.4. The van der Waals surface area contributed by atoms with Gasteiger partial charge in [-0.15, -0.1) is 0 Å². The molecule has 4 nitrogen and oxygen atoms in total. The Balaban J connectivity index is 1.72. The molecular formula is C19H21NO3. The van der Waals surface area contributed by atoms with E-state index in [1.165, 1.54) is 0 Å². The van der Waals surface area contributed by atoms with Crippen LogP contribution >= 0.6 is 0 Å². The number of carbonyl (C=O) groups is 2. The number of piperidine rings is 1. The molecule has 4 heteroatoms. The molecule has 1 aliphatic heterocycles. The van der Waals surface area contributed by atoms with E-state index in [0.717, 1.165) is 16.3 Å². The number of fused-ring (bicyclic) bond motifs is 1. The maximum absolute atomic E-state index is 12.7. The highest BCUT2D eigenvalue weighted by molar-refractivity contribution is 6.02. The molecule has 0 aliphatic carbocycles. The maximum atomic E-state index is 12.7. The number of aliphatic carboxylic acids is 1. The molecule has 2 aromatic carbocycles. The summed E-state index contributed by atoms with van der Waals surface area (Å²) in [5.41, 5.74) is 0.719. The molecule has 1 heterocycles. The number of hydrogen-bond donors (Lipinski definition) is 1. The number of benzene rings is 2. The third-order valence-corrected chi connectivity index (χ3v) is 4.84. The minimum Gasteiger partial charge on any atom is -0.481 e. The minimum atomic E-state index is -0.724. The van der Waals surface area contributed by atoms with Gasteiger partial charge >= 0.3 is 5.97 Å². The van der Waals surface area contributed by atoms with Gasteiger partial charge in [0.25, 0.3) is 0 Å². The van der Waals surface area contributed by atoms with E-state index in [-0.39, 0.29) is 17.7 Å². The van der Waals surface area contributed by atoms with Crippen LogP contribution in [0.5, 0.6) is 0 Å². The summed E-state index contributed by atoms with van der Waals surface area (Å²) in [5.74, 6) is -0.892. The third-order valence-electron chi connectivity index (χ3n) is 4.84. The quantitative estimate of drug-likeness (QED) is 0.881. The number of carboxylic acids is 1. The van der Waals surface area contributed by atoms with Crippen molar-refractivity contribution in [2.45, 2.75) is 25.8 Å². The summed E-state index contributed by atoms with van der Waals surface area (Å²) in [6, 6.07) is 13.6. The average molecular weight is 311 g/mol. The first-order chi connectivity index (χ1) is 11.1. The number of nitrogens with zero attached hydrogens (tertiary/aromatic N) is 1. The van der Waals surface area contributed by atoms with Crippen LogP contribution in [0.1, 0.15) is 30.1 Å². The summed E-state index contributed by atoms with van der Waals surface area (Å²) in [5, 5.41) is 11.3. The monoisotopic (exact) mass is 311 g/mol. The lowest BCUT2D eigenvalue weighted by atomic mass is 9.94. The second-order valence-electron chi connectivity index (χ2n) is 6.25. The third kappa shape index (κ3) is 3.27. The first-order valence-electron chi connectivity index (χ1n) is 8.06. The number of carbonyl (C=O) groups excluding carboxylic acids is 1. The zero-order chi connectivity index (χ0) is 16.4. The van der Waals surface area contributed by atoms with Crippen molar-refractivity contribution in [1.82, 2.24) is 4.90 Å². The van der Waals surface area contributed by atoms with Crippen LogP contribution in [0.3, 0.4) is 0 Å². The summed E-state index contributed by atoms with van der Waals surface area (Å²) in [7, 11) is 0. The van der Waals surface area contributed by atoms with Crippen LogP contribution < -0.4 is 0 Å². The maximum Gasteiger partial charge on any atom is 0.306 e. The Bertz CT molecular complexity index is 732. The van der Waals surface area contributed by atoms with E-state index in [1.54, 1.807) is 0 Å². The van der Waals surface area contributed by atoms with Gasteiger partial charge < -0.3 is 5.11 Å². The summed E-state index contributed by atoms with van der Waals surface area (Å²) >= 11 is 0. The lowest BCUT2D eigenvalue weighted by Gasteiger charge is -2.34. The van der Waals surface area contributed by atoms with Crippen LogP contribution in [0.2, 0.25) is 0 Å². The number of rotatable bonds is 4. The molecule has 1 unspecified atom stereocenters. The molecule has 0 saturated carbocycles. The van der Waals surface area contributed by atoms with Gasteiger partial charge in [0.2, 0.25) is 0 Å². The molecule has 1 N–H and O–H groups in total. The van der Waals surface area contributed by atoms with Crippen molar-refractivity contribution in [3.63, 3.8) is 0 Å². The predicted octanol–water partition coefficient (Wildman–Crippen LogP) is 3.21. The minimum absolute atomic E-state index is 0.101. The molecule has 0 spiro atoms. The number of carboxylic acid groups (broad SMARTS) is 1. The molecule has 1 fully saturated rings. The Morgan fingerprint density at radius 3 is 2.39 bits per heavy atom. The van der Waals surface area contributed by atoms with Gasteiger partial charge in [-0.25, -0.2) is 0 Å². The molecule has 1 atom stereocenters. The highest BCUT2D eigenvalue weighted by Crippen LogP contribution is 2.22. The van der Waals surface area contributed by atoms with E-state index in [2.05, 4.69) is 4.90 Å². The molecule has 23 heavy (non-hydrogen) atoms. The van der Waals surface area contributed by atoms with Crippen molar-refractivity contribution in [3.8, 4) is 0 Å². The standard InChI is InChI=1S/C19H21NO3/c1-13(20-10-8-15(9-11-20)19(22)23)18(21)17-7-6-14-4-2-3-5-16(14)12-17/h2-7,12-13,15H,8-11H2,1H3,(H,22,23). The molecule has 1 aliphatic rings.